The zero-order valence-corrected chi connectivity index (χ0v) is 8.03. The van der Waals surface area contributed by atoms with Gasteiger partial charge in [-0.1, -0.05) is 0 Å². The van der Waals surface area contributed by atoms with E-state index in [0.717, 1.165) is 11.8 Å². The van der Waals surface area contributed by atoms with Crippen molar-refractivity contribution in [2.24, 2.45) is 23.3 Å². The lowest BCUT2D eigenvalue weighted by molar-refractivity contribution is 0.369. The molecule has 0 spiro atoms. The van der Waals surface area contributed by atoms with Gasteiger partial charge in [0.1, 0.15) is 0 Å². The lowest BCUT2D eigenvalue weighted by Gasteiger charge is -2.23. The SMILES string of the molecule is Cl.Cl.N[C@H]1CC2CC2C[C@@H]1N. The van der Waals surface area contributed by atoms with Gasteiger partial charge in [0.25, 0.3) is 0 Å². The molecule has 2 fully saturated rings. The number of fused-ring (bicyclic) bond motifs is 1. The summed E-state index contributed by atoms with van der Waals surface area (Å²) >= 11 is 0. The number of nitrogens with two attached hydrogens (primary N) is 2. The maximum Gasteiger partial charge on any atom is 0.0195 e. The smallest absolute Gasteiger partial charge is 0.0195 e. The fourth-order valence-electron chi connectivity index (χ4n) is 1.94. The van der Waals surface area contributed by atoms with Gasteiger partial charge in [0.15, 0.2) is 0 Å². The van der Waals surface area contributed by atoms with Gasteiger partial charge in [-0.15, -0.1) is 24.8 Å². The van der Waals surface area contributed by atoms with Gasteiger partial charge < -0.3 is 11.5 Å². The first-order valence-corrected chi connectivity index (χ1v) is 3.78. The van der Waals surface area contributed by atoms with Crippen LogP contribution in [0.3, 0.4) is 0 Å². The molecule has 0 saturated heterocycles. The first kappa shape index (κ1) is 11.5. The molecule has 2 nitrogen and oxygen atoms in total. The summed E-state index contributed by atoms with van der Waals surface area (Å²) in [7, 11) is 0. The Balaban J connectivity index is 0.000000500. The van der Waals surface area contributed by atoms with E-state index in [1.165, 1.54) is 19.3 Å². The number of halogens is 2. The van der Waals surface area contributed by atoms with Crippen LogP contribution in [0, 0.1) is 11.8 Å². The molecule has 2 aliphatic carbocycles. The molecule has 11 heavy (non-hydrogen) atoms. The van der Waals surface area contributed by atoms with E-state index in [0.29, 0.717) is 12.1 Å². The Bertz CT molecular complexity index is 118. The minimum Gasteiger partial charge on any atom is -0.326 e. The van der Waals surface area contributed by atoms with Crippen molar-refractivity contribution in [2.75, 3.05) is 0 Å². The summed E-state index contributed by atoms with van der Waals surface area (Å²) in [5, 5.41) is 0. The second-order valence-electron chi connectivity index (χ2n) is 3.55. The first-order valence-electron chi connectivity index (χ1n) is 3.78. The van der Waals surface area contributed by atoms with Crippen molar-refractivity contribution in [1.29, 1.82) is 0 Å². The molecule has 2 unspecified atom stereocenters. The molecule has 0 heterocycles. The standard InChI is InChI=1S/C7H14N2.2ClH/c8-6-2-4-1-5(4)3-7(6)9;;/h4-7H,1-3,8-9H2;2*1H/t4?,5?,6-,7-;;/m0../s1. The molecule has 4 N–H and O–H groups in total. The lowest BCUT2D eigenvalue weighted by Crippen LogP contribution is -2.44. The van der Waals surface area contributed by atoms with Gasteiger partial charge >= 0.3 is 0 Å². The molecule has 4 heteroatoms. The lowest BCUT2D eigenvalue weighted by atomic mass is 9.92. The van der Waals surface area contributed by atoms with Crippen molar-refractivity contribution in [1.82, 2.24) is 0 Å². The zero-order chi connectivity index (χ0) is 6.43. The third kappa shape index (κ3) is 2.22. The monoisotopic (exact) mass is 198 g/mol. The Hall–Kier alpha value is 0.500. The van der Waals surface area contributed by atoms with Gasteiger partial charge in [-0.25, -0.2) is 0 Å². The van der Waals surface area contributed by atoms with E-state index in [9.17, 15) is 0 Å². The summed E-state index contributed by atoms with van der Waals surface area (Å²) in [6.07, 6.45) is 3.78. The van der Waals surface area contributed by atoms with Gasteiger partial charge in [-0.05, 0) is 31.1 Å². The predicted octanol–water partition coefficient (Wildman–Crippen LogP) is 0.914. The van der Waals surface area contributed by atoms with Crippen LogP contribution in [-0.2, 0) is 0 Å². The van der Waals surface area contributed by atoms with E-state index in [1.54, 1.807) is 0 Å². The maximum atomic E-state index is 5.77. The minimum atomic E-state index is 0. The summed E-state index contributed by atoms with van der Waals surface area (Å²) in [4.78, 5) is 0. The van der Waals surface area contributed by atoms with Gasteiger partial charge in [0.2, 0.25) is 0 Å². The topological polar surface area (TPSA) is 52.0 Å². The average molecular weight is 199 g/mol. The van der Waals surface area contributed by atoms with Gasteiger partial charge in [-0.2, -0.15) is 0 Å². The van der Waals surface area contributed by atoms with Crippen LogP contribution in [0.5, 0.6) is 0 Å². The normalized spacial score (nSPS) is 46.4. The highest BCUT2D eigenvalue weighted by Gasteiger charge is 2.44. The van der Waals surface area contributed by atoms with Crippen LogP contribution in [0.15, 0.2) is 0 Å². The van der Waals surface area contributed by atoms with Crippen LogP contribution in [-0.4, -0.2) is 12.1 Å². The molecule has 0 amide bonds. The van der Waals surface area contributed by atoms with Crippen molar-refractivity contribution >= 4 is 24.8 Å². The van der Waals surface area contributed by atoms with Crippen LogP contribution in [0.25, 0.3) is 0 Å². The van der Waals surface area contributed by atoms with Crippen molar-refractivity contribution in [3.8, 4) is 0 Å². The van der Waals surface area contributed by atoms with Crippen LogP contribution in [0.2, 0.25) is 0 Å². The molecule has 4 atom stereocenters. The molecule has 0 aromatic heterocycles. The summed E-state index contributed by atoms with van der Waals surface area (Å²) in [6, 6.07) is 0.600. The Kier molecular flexibility index (Phi) is 4.12. The van der Waals surface area contributed by atoms with E-state index in [2.05, 4.69) is 0 Å². The molecule has 68 valence electrons. The maximum absolute atomic E-state index is 5.77. The second-order valence-corrected chi connectivity index (χ2v) is 3.55. The van der Waals surface area contributed by atoms with Gasteiger partial charge in [-0.3, -0.25) is 0 Å². The van der Waals surface area contributed by atoms with Gasteiger partial charge in [0.05, 0.1) is 0 Å². The van der Waals surface area contributed by atoms with E-state index >= 15 is 0 Å². The largest absolute Gasteiger partial charge is 0.326 e. The van der Waals surface area contributed by atoms with Gasteiger partial charge in [0, 0.05) is 12.1 Å². The molecule has 0 radical (unpaired) electrons. The molecule has 2 aliphatic rings. The fourth-order valence-corrected chi connectivity index (χ4v) is 1.94. The van der Waals surface area contributed by atoms with E-state index in [4.69, 9.17) is 11.5 Å². The molecular formula is C7H16Cl2N2. The number of hydrogen-bond acceptors (Lipinski definition) is 2. The van der Waals surface area contributed by atoms with Crippen molar-refractivity contribution in [3.05, 3.63) is 0 Å². The highest BCUT2D eigenvalue weighted by molar-refractivity contribution is 5.85. The Morgan fingerprint density at radius 1 is 0.727 bits per heavy atom. The van der Waals surface area contributed by atoms with E-state index in [1.807, 2.05) is 0 Å². The van der Waals surface area contributed by atoms with Crippen LogP contribution in [0.1, 0.15) is 19.3 Å². The summed E-state index contributed by atoms with van der Waals surface area (Å²) < 4.78 is 0. The van der Waals surface area contributed by atoms with Crippen LogP contribution < -0.4 is 11.5 Å². The summed E-state index contributed by atoms with van der Waals surface area (Å²) in [6.45, 7) is 0. The van der Waals surface area contributed by atoms with E-state index < -0.39 is 0 Å². The third-order valence-electron chi connectivity index (χ3n) is 2.77. The number of rotatable bonds is 0. The van der Waals surface area contributed by atoms with Crippen LogP contribution >= 0.6 is 24.8 Å². The first-order chi connectivity index (χ1) is 4.27. The Labute approximate surface area is 79.9 Å². The van der Waals surface area contributed by atoms with Crippen molar-refractivity contribution < 1.29 is 0 Å². The molecule has 0 aromatic rings. The quantitative estimate of drug-likeness (QED) is 0.609. The molecule has 0 aromatic carbocycles. The fraction of sp³-hybridized carbons (Fsp3) is 1.00. The molecule has 2 saturated carbocycles. The Morgan fingerprint density at radius 3 is 1.45 bits per heavy atom. The van der Waals surface area contributed by atoms with Crippen molar-refractivity contribution in [2.45, 2.75) is 31.3 Å². The van der Waals surface area contributed by atoms with E-state index in [-0.39, 0.29) is 24.8 Å². The predicted molar refractivity (Wildman–Crippen MR) is 51.3 cm³/mol. The molecule has 2 rings (SSSR count). The summed E-state index contributed by atoms with van der Waals surface area (Å²) in [5.74, 6) is 1.92. The van der Waals surface area contributed by atoms with Crippen LogP contribution in [0.4, 0.5) is 0 Å². The zero-order valence-electron chi connectivity index (χ0n) is 6.40. The minimum absolute atomic E-state index is 0. The highest BCUT2D eigenvalue weighted by Crippen LogP contribution is 2.48. The Morgan fingerprint density at radius 2 is 1.09 bits per heavy atom. The molecule has 0 aliphatic heterocycles. The molecular weight excluding hydrogens is 183 g/mol. The number of hydrogen-bond donors (Lipinski definition) is 2. The molecule has 0 bridgehead atoms. The highest BCUT2D eigenvalue weighted by atomic mass is 35.5. The third-order valence-corrected chi connectivity index (χ3v) is 2.77. The van der Waals surface area contributed by atoms with Crippen molar-refractivity contribution in [3.63, 3.8) is 0 Å². The summed E-state index contributed by atoms with van der Waals surface area (Å²) in [5.41, 5.74) is 11.5. The average Bonchev–Trinajstić information content (AvgIpc) is 2.46. The second kappa shape index (κ2) is 3.94.